The molecule has 0 aromatic carbocycles. The summed E-state index contributed by atoms with van der Waals surface area (Å²) in [5, 5.41) is 0. The van der Waals surface area contributed by atoms with Crippen LogP contribution in [0.2, 0.25) is 0 Å². The summed E-state index contributed by atoms with van der Waals surface area (Å²) < 4.78 is 2.00. The fourth-order valence-electron chi connectivity index (χ4n) is 0.706. The summed E-state index contributed by atoms with van der Waals surface area (Å²) in [4.78, 5) is 2.23. The fraction of sp³-hybridized carbons (Fsp3) is 1.00. The predicted molar refractivity (Wildman–Crippen MR) is 33.2 cm³/mol. The van der Waals surface area contributed by atoms with Crippen molar-refractivity contribution in [2.24, 2.45) is 0 Å². The van der Waals surface area contributed by atoms with Crippen LogP contribution in [-0.2, 0) is 0 Å². The van der Waals surface area contributed by atoms with Gasteiger partial charge in [0.1, 0.15) is 0 Å². The van der Waals surface area contributed by atoms with E-state index < -0.39 is 0 Å². The molecule has 1 aliphatic heterocycles. The van der Waals surface area contributed by atoms with Crippen LogP contribution in [0.1, 0.15) is 0 Å². The molecule has 1 fully saturated rings. The highest BCUT2D eigenvalue weighted by Crippen LogP contribution is 2.02. The normalized spacial score (nSPS) is 26.6. The number of nitrogens with zero attached hydrogens (tertiary/aromatic N) is 2. The standard InChI is InChI=1S/C4H10N2S/c1-5-2-3-6(7)4-5/h7H,2-4H2,1H3. The molecule has 7 heavy (non-hydrogen) atoms. The minimum Gasteiger partial charge on any atom is -0.292 e. The Morgan fingerprint density at radius 1 is 1.43 bits per heavy atom. The van der Waals surface area contributed by atoms with Crippen molar-refractivity contribution < 1.29 is 0 Å². The Morgan fingerprint density at radius 2 is 2.14 bits per heavy atom. The Kier molecular flexibility index (Phi) is 1.57. The largest absolute Gasteiger partial charge is 0.292 e. The molecule has 0 bridgehead atoms. The molecular formula is C4H10N2S. The summed E-state index contributed by atoms with van der Waals surface area (Å²) in [6, 6.07) is 0. The third kappa shape index (κ3) is 1.33. The topological polar surface area (TPSA) is 6.48 Å². The van der Waals surface area contributed by atoms with E-state index in [0.717, 1.165) is 19.8 Å². The number of hydrogen-bond acceptors (Lipinski definition) is 3. The van der Waals surface area contributed by atoms with Gasteiger partial charge in [-0.3, -0.25) is 4.90 Å². The molecule has 3 heteroatoms. The molecule has 0 aromatic rings. The van der Waals surface area contributed by atoms with Crippen molar-refractivity contribution in [3.05, 3.63) is 0 Å². The maximum atomic E-state index is 4.14. The van der Waals surface area contributed by atoms with Crippen LogP contribution in [-0.4, -0.2) is 36.0 Å². The van der Waals surface area contributed by atoms with Crippen molar-refractivity contribution in [3.8, 4) is 0 Å². The summed E-state index contributed by atoms with van der Waals surface area (Å²) in [6.45, 7) is 3.26. The van der Waals surface area contributed by atoms with Gasteiger partial charge in [0, 0.05) is 13.1 Å². The highest BCUT2D eigenvalue weighted by Gasteiger charge is 2.11. The van der Waals surface area contributed by atoms with Gasteiger partial charge >= 0.3 is 0 Å². The maximum absolute atomic E-state index is 4.14. The van der Waals surface area contributed by atoms with E-state index >= 15 is 0 Å². The van der Waals surface area contributed by atoms with Crippen LogP contribution >= 0.6 is 12.8 Å². The number of likely N-dealkylation sites (N-methyl/N-ethyl adjacent to an activating group) is 1. The Morgan fingerprint density at radius 3 is 2.29 bits per heavy atom. The molecule has 42 valence electrons. The molecule has 0 saturated carbocycles. The number of thiol groups is 1. The third-order valence-corrected chi connectivity index (χ3v) is 1.47. The van der Waals surface area contributed by atoms with Gasteiger partial charge in [-0.25, -0.2) is 4.31 Å². The molecule has 1 saturated heterocycles. The smallest absolute Gasteiger partial charge is 0.0602 e. The van der Waals surface area contributed by atoms with Gasteiger partial charge in [-0.2, -0.15) is 0 Å². The zero-order valence-electron chi connectivity index (χ0n) is 4.46. The Bertz CT molecular complexity index is 58.7. The van der Waals surface area contributed by atoms with E-state index in [0.29, 0.717) is 0 Å². The van der Waals surface area contributed by atoms with Gasteiger partial charge in [0.05, 0.1) is 6.67 Å². The molecule has 0 N–H and O–H groups in total. The van der Waals surface area contributed by atoms with E-state index in [4.69, 9.17) is 0 Å². The first-order valence-corrected chi connectivity index (χ1v) is 2.81. The van der Waals surface area contributed by atoms with Crippen molar-refractivity contribution in [2.45, 2.75) is 0 Å². The van der Waals surface area contributed by atoms with Crippen molar-refractivity contribution in [3.63, 3.8) is 0 Å². The average molecular weight is 118 g/mol. The molecule has 0 unspecified atom stereocenters. The summed E-state index contributed by atoms with van der Waals surface area (Å²) in [5.41, 5.74) is 0. The first-order valence-electron chi connectivity index (χ1n) is 2.41. The SMILES string of the molecule is CN1CCN(S)C1. The lowest BCUT2D eigenvalue weighted by molar-refractivity contribution is 0.378. The molecule has 2 nitrogen and oxygen atoms in total. The van der Waals surface area contributed by atoms with Gasteiger partial charge in [-0.1, -0.05) is 12.8 Å². The van der Waals surface area contributed by atoms with Crippen LogP contribution in [0.5, 0.6) is 0 Å². The lowest BCUT2D eigenvalue weighted by Gasteiger charge is -2.04. The van der Waals surface area contributed by atoms with Gasteiger partial charge in [0.2, 0.25) is 0 Å². The van der Waals surface area contributed by atoms with Crippen molar-refractivity contribution >= 4 is 12.8 Å². The summed E-state index contributed by atoms with van der Waals surface area (Å²) in [7, 11) is 2.09. The third-order valence-electron chi connectivity index (χ3n) is 1.14. The molecule has 0 aliphatic carbocycles. The second-order valence-corrected chi connectivity index (χ2v) is 2.52. The zero-order chi connectivity index (χ0) is 5.28. The predicted octanol–water partition coefficient (Wildman–Crippen LogP) is 0.0361. The summed E-state index contributed by atoms with van der Waals surface area (Å²) in [5.74, 6) is 0. The minimum atomic E-state index is 1.00. The lowest BCUT2D eigenvalue weighted by atomic mass is 10.7. The number of hydrogen-bond donors (Lipinski definition) is 1. The Balaban J connectivity index is 2.26. The van der Waals surface area contributed by atoms with E-state index in [1.54, 1.807) is 0 Å². The van der Waals surface area contributed by atoms with Crippen molar-refractivity contribution in [1.82, 2.24) is 9.21 Å². The monoisotopic (exact) mass is 118 g/mol. The second kappa shape index (κ2) is 2.03. The van der Waals surface area contributed by atoms with E-state index in [1.807, 2.05) is 4.31 Å². The van der Waals surface area contributed by atoms with E-state index in [9.17, 15) is 0 Å². The van der Waals surface area contributed by atoms with Crippen molar-refractivity contribution in [1.29, 1.82) is 0 Å². The van der Waals surface area contributed by atoms with Gasteiger partial charge in [0.15, 0.2) is 0 Å². The molecule has 1 aliphatic rings. The molecule has 1 heterocycles. The highest BCUT2D eigenvalue weighted by atomic mass is 32.1. The van der Waals surface area contributed by atoms with E-state index in [-0.39, 0.29) is 0 Å². The number of rotatable bonds is 0. The summed E-state index contributed by atoms with van der Waals surface area (Å²) >= 11 is 4.14. The van der Waals surface area contributed by atoms with Crippen LogP contribution in [0.25, 0.3) is 0 Å². The molecule has 0 atom stereocenters. The van der Waals surface area contributed by atoms with E-state index in [2.05, 4.69) is 24.8 Å². The van der Waals surface area contributed by atoms with Gasteiger partial charge in [0.25, 0.3) is 0 Å². The van der Waals surface area contributed by atoms with E-state index in [1.165, 1.54) is 0 Å². The Hall–Kier alpha value is 0.270. The van der Waals surface area contributed by atoms with Gasteiger partial charge in [-0.05, 0) is 7.05 Å². The minimum absolute atomic E-state index is 1.00. The molecule has 0 amide bonds. The van der Waals surface area contributed by atoms with Crippen LogP contribution in [0, 0.1) is 0 Å². The fourth-order valence-corrected chi connectivity index (χ4v) is 1.01. The molecule has 0 spiro atoms. The quantitative estimate of drug-likeness (QED) is 0.449. The molecule has 0 radical (unpaired) electrons. The van der Waals surface area contributed by atoms with Gasteiger partial charge < -0.3 is 0 Å². The summed E-state index contributed by atoms with van der Waals surface area (Å²) in [6.07, 6.45) is 0. The first kappa shape index (κ1) is 5.41. The average Bonchev–Trinajstić information content (AvgIpc) is 1.87. The maximum Gasteiger partial charge on any atom is 0.0602 e. The second-order valence-electron chi connectivity index (χ2n) is 1.95. The van der Waals surface area contributed by atoms with Gasteiger partial charge in [-0.15, -0.1) is 0 Å². The molecule has 1 rings (SSSR count). The van der Waals surface area contributed by atoms with Crippen molar-refractivity contribution in [2.75, 3.05) is 26.8 Å². The van der Waals surface area contributed by atoms with Crippen LogP contribution < -0.4 is 0 Å². The molecular weight excluding hydrogens is 108 g/mol. The van der Waals surface area contributed by atoms with Crippen LogP contribution in [0.4, 0.5) is 0 Å². The lowest BCUT2D eigenvalue weighted by Crippen LogP contribution is -2.14. The first-order chi connectivity index (χ1) is 3.29. The molecule has 0 aromatic heterocycles. The zero-order valence-corrected chi connectivity index (χ0v) is 5.36. The van der Waals surface area contributed by atoms with Crippen LogP contribution in [0.3, 0.4) is 0 Å². The highest BCUT2D eigenvalue weighted by molar-refractivity contribution is 7.77. The Labute approximate surface area is 49.6 Å². The van der Waals surface area contributed by atoms with Crippen LogP contribution in [0.15, 0.2) is 0 Å².